The first-order valence-corrected chi connectivity index (χ1v) is 3.53. The molecule has 0 spiro atoms. The lowest BCUT2D eigenvalue weighted by Gasteiger charge is -1.91. The SMILES string of the molecule is C=C/C=C1/C(=O)OC(=O)/C1=C/OC. The molecule has 0 aliphatic carbocycles. The van der Waals surface area contributed by atoms with Crippen molar-refractivity contribution >= 4 is 11.9 Å². The monoisotopic (exact) mass is 180 g/mol. The van der Waals surface area contributed by atoms with E-state index < -0.39 is 11.9 Å². The molecule has 0 aromatic carbocycles. The van der Waals surface area contributed by atoms with Gasteiger partial charge in [-0.2, -0.15) is 0 Å². The zero-order chi connectivity index (χ0) is 9.84. The molecule has 0 radical (unpaired) electrons. The van der Waals surface area contributed by atoms with Crippen LogP contribution in [0.2, 0.25) is 0 Å². The second-order valence-electron chi connectivity index (χ2n) is 2.26. The molecule has 4 heteroatoms. The summed E-state index contributed by atoms with van der Waals surface area (Å²) in [5.41, 5.74) is 0.286. The molecule has 0 unspecified atom stereocenters. The summed E-state index contributed by atoms with van der Waals surface area (Å²) in [7, 11) is 1.38. The highest BCUT2D eigenvalue weighted by Crippen LogP contribution is 2.21. The predicted octanol–water partition coefficient (Wildman–Crippen LogP) is 0.712. The van der Waals surface area contributed by atoms with Crippen LogP contribution in [0, 0.1) is 0 Å². The molecule has 0 atom stereocenters. The van der Waals surface area contributed by atoms with Crippen molar-refractivity contribution in [1.29, 1.82) is 0 Å². The van der Waals surface area contributed by atoms with Gasteiger partial charge in [0, 0.05) is 0 Å². The van der Waals surface area contributed by atoms with Crippen LogP contribution >= 0.6 is 0 Å². The molecule has 1 saturated heterocycles. The van der Waals surface area contributed by atoms with E-state index in [-0.39, 0.29) is 11.1 Å². The van der Waals surface area contributed by atoms with Gasteiger partial charge in [0.15, 0.2) is 0 Å². The summed E-state index contributed by atoms with van der Waals surface area (Å²) in [4.78, 5) is 22.0. The van der Waals surface area contributed by atoms with E-state index in [0.29, 0.717) is 0 Å². The molecule has 0 aromatic rings. The summed E-state index contributed by atoms with van der Waals surface area (Å²) in [5.74, 6) is -1.37. The van der Waals surface area contributed by atoms with Crippen molar-refractivity contribution in [1.82, 2.24) is 0 Å². The Morgan fingerprint density at radius 2 is 1.92 bits per heavy atom. The molecule has 1 rings (SSSR count). The Labute approximate surface area is 75.1 Å². The molecular formula is C9H8O4. The quantitative estimate of drug-likeness (QED) is 0.272. The molecule has 0 aromatic heterocycles. The zero-order valence-electron chi connectivity index (χ0n) is 7.07. The number of hydrogen-bond acceptors (Lipinski definition) is 4. The predicted molar refractivity (Wildman–Crippen MR) is 44.5 cm³/mol. The Balaban J connectivity index is 3.11. The Hall–Kier alpha value is -1.84. The first kappa shape index (κ1) is 9.25. The fraction of sp³-hybridized carbons (Fsp3) is 0.111. The minimum atomic E-state index is -0.694. The van der Waals surface area contributed by atoms with Gasteiger partial charge in [-0.1, -0.05) is 12.7 Å². The number of rotatable bonds is 2. The van der Waals surface area contributed by atoms with Gasteiger partial charge in [-0.25, -0.2) is 9.59 Å². The second kappa shape index (κ2) is 3.71. The van der Waals surface area contributed by atoms with Gasteiger partial charge in [0.1, 0.15) is 5.57 Å². The molecular weight excluding hydrogens is 172 g/mol. The fourth-order valence-electron chi connectivity index (χ4n) is 0.919. The molecule has 1 aliphatic rings. The summed E-state index contributed by atoms with van der Waals surface area (Å²) < 4.78 is 8.98. The van der Waals surface area contributed by atoms with Gasteiger partial charge in [0.2, 0.25) is 0 Å². The fourth-order valence-corrected chi connectivity index (χ4v) is 0.919. The Morgan fingerprint density at radius 3 is 2.46 bits per heavy atom. The molecule has 1 fully saturated rings. The van der Waals surface area contributed by atoms with Crippen LogP contribution in [0.15, 0.2) is 36.1 Å². The third-order valence-electron chi connectivity index (χ3n) is 1.44. The Morgan fingerprint density at radius 1 is 1.31 bits per heavy atom. The summed E-state index contributed by atoms with van der Waals surface area (Å²) in [6, 6.07) is 0. The number of hydrogen-bond donors (Lipinski definition) is 0. The maximum atomic E-state index is 11.0. The van der Waals surface area contributed by atoms with Crippen LogP contribution in [0.3, 0.4) is 0 Å². The van der Waals surface area contributed by atoms with E-state index in [1.807, 2.05) is 0 Å². The van der Waals surface area contributed by atoms with E-state index in [1.165, 1.54) is 25.5 Å². The summed E-state index contributed by atoms with van der Waals surface area (Å²) in [6.45, 7) is 3.41. The number of esters is 2. The summed E-state index contributed by atoms with van der Waals surface area (Å²) in [5, 5.41) is 0. The zero-order valence-corrected chi connectivity index (χ0v) is 7.07. The average Bonchev–Trinajstić information content (AvgIpc) is 2.33. The lowest BCUT2D eigenvalue weighted by Crippen LogP contribution is -1.97. The van der Waals surface area contributed by atoms with Crippen molar-refractivity contribution < 1.29 is 19.1 Å². The van der Waals surface area contributed by atoms with E-state index in [1.54, 1.807) is 0 Å². The summed E-state index contributed by atoms with van der Waals surface area (Å²) >= 11 is 0. The third-order valence-corrected chi connectivity index (χ3v) is 1.44. The van der Waals surface area contributed by atoms with E-state index in [0.717, 1.165) is 0 Å². The van der Waals surface area contributed by atoms with Crippen molar-refractivity contribution in [2.24, 2.45) is 0 Å². The molecule has 1 heterocycles. The van der Waals surface area contributed by atoms with Gasteiger partial charge in [-0.05, 0) is 6.08 Å². The van der Waals surface area contributed by atoms with Crippen molar-refractivity contribution in [3.63, 3.8) is 0 Å². The maximum Gasteiger partial charge on any atom is 0.350 e. The molecule has 68 valence electrons. The van der Waals surface area contributed by atoms with Crippen LogP contribution in [-0.2, 0) is 19.1 Å². The second-order valence-corrected chi connectivity index (χ2v) is 2.26. The average molecular weight is 180 g/mol. The molecule has 4 nitrogen and oxygen atoms in total. The van der Waals surface area contributed by atoms with Crippen molar-refractivity contribution in [2.45, 2.75) is 0 Å². The van der Waals surface area contributed by atoms with Crippen molar-refractivity contribution in [3.8, 4) is 0 Å². The first-order valence-electron chi connectivity index (χ1n) is 3.53. The van der Waals surface area contributed by atoms with Gasteiger partial charge < -0.3 is 9.47 Å². The number of allylic oxidation sites excluding steroid dienone is 2. The molecule has 13 heavy (non-hydrogen) atoms. The summed E-state index contributed by atoms with van der Waals surface area (Å²) in [6.07, 6.45) is 3.97. The highest BCUT2D eigenvalue weighted by atomic mass is 16.6. The standard InChI is InChI=1S/C9H8O4/c1-3-4-6-7(5-12-2)9(11)13-8(6)10/h3-5H,1H2,2H3/b6-4+,7-5+. The normalized spacial score (nSPS) is 22.2. The molecule has 0 bridgehead atoms. The largest absolute Gasteiger partial charge is 0.503 e. The highest BCUT2D eigenvalue weighted by Gasteiger charge is 2.33. The molecule has 0 N–H and O–H groups in total. The van der Waals surface area contributed by atoms with Gasteiger partial charge in [0.25, 0.3) is 0 Å². The maximum absolute atomic E-state index is 11.0. The number of carbonyl (C=O) groups is 2. The lowest BCUT2D eigenvalue weighted by atomic mass is 10.1. The molecule has 0 saturated carbocycles. The third kappa shape index (κ3) is 1.66. The van der Waals surface area contributed by atoms with E-state index >= 15 is 0 Å². The number of methoxy groups -OCH3 is 1. The van der Waals surface area contributed by atoms with E-state index in [9.17, 15) is 9.59 Å². The van der Waals surface area contributed by atoms with Crippen molar-refractivity contribution in [3.05, 3.63) is 36.1 Å². The van der Waals surface area contributed by atoms with Crippen LogP contribution in [0.25, 0.3) is 0 Å². The van der Waals surface area contributed by atoms with Crippen LogP contribution in [-0.4, -0.2) is 19.0 Å². The van der Waals surface area contributed by atoms with Crippen LogP contribution in [0.5, 0.6) is 0 Å². The number of carbonyl (C=O) groups excluding carboxylic acids is 2. The first-order chi connectivity index (χ1) is 6.20. The molecule has 0 amide bonds. The number of ether oxygens (including phenoxy) is 2. The topological polar surface area (TPSA) is 52.6 Å². The smallest absolute Gasteiger partial charge is 0.350 e. The lowest BCUT2D eigenvalue weighted by molar-refractivity contribution is -0.149. The highest BCUT2D eigenvalue weighted by molar-refractivity contribution is 6.18. The van der Waals surface area contributed by atoms with Gasteiger partial charge in [-0.3, -0.25) is 0 Å². The van der Waals surface area contributed by atoms with Crippen molar-refractivity contribution in [2.75, 3.05) is 7.11 Å². The van der Waals surface area contributed by atoms with E-state index in [4.69, 9.17) is 0 Å². The van der Waals surface area contributed by atoms with Gasteiger partial charge in [0.05, 0.1) is 18.9 Å². The minimum absolute atomic E-state index is 0.118. The van der Waals surface area contributed by atoms with E-state index in [2.05, 4.69) is 16.1 Å². The molecule has 1 aliphatic heterocycles. The number of cyclic esters (lactones) is 2. The van der Waals surface area contributed by atoms with Crippen LogP contribution in [0.4, 0.5) is 0 Å². The Bertz CT molecular complexity index is 323. The van der Waals surface area contributed by atoms with Gasteiger partial charge in [-0.15, -0.1) is 0 Å². The van der Waals surface area contributed by atoms with Gasteiger partial charge >= 0.3 is 11.9 Å². The minimum Gasteiger partial charge on any atom is -0.503 e. The Kier molecular flexibility index (Phi) is 2.64. The van der Waals surface area contributed by atoms with Crippen LogP contribution < -0.4 is 0 Å². The van der Waals surface area contributed by atoms with Crippen LogP contribution in [0.1, 0.15) is 0 Å².